The second kappa shape index (κ2) is 4.36. The van der Waals surface area contributed by atoms with E-state index in [4.69, 9.17) is 0 Å². The van der Waals surface area contributed by atoms with Gasteiger partial charge in [0.05, 0.1) is 0 Å². The Morgan fingerprint density at radius 3 is 1.50 bits per heavy atom. The zero-order valence-electron chi connectivity index (χ0n) is 5.82. The van der Waals surface area contributed by atoms with Crippen molar-refractivity contribution in [1.29, 1.82) is 0 Å². The minimum absolute atomic E-state index is 0. The van der Waals surface area contributed by atoms with Crippen molar-refractivity contribution in [1.82, 2.24) is 0 Å². The molecule has 0 atom stereocenters. The predicted octanol–water partition coefficient (Wildman–Crippen LogP) is -2.28. The zero-order chi connectivity index (χ0) is 6.08. The maximum Gasteiger partial charge on any atom is 1.00 e. The summed E-state index contributed by atoms with van der Waals surface area (Å²) in [5.41, 5.74) is -0.324. The first-order valence-electron chi connectivity index (χ1n) is 2.16. The maximum absolute atomic E-state index is 10.3. The Morgan fingerprint density at radius 2 is 1.50 bits per heavy atom. The van der Waals surface area contributed by atoms with Gasteiger partial charge in [0.25, 0.3) is 0 Å². The molecule has 0 saturated heterocycles. The molecule has 1 nitrogen and oxygen atoms in total. The van der Waals surface area contributed by atoms with Crippen LogP contribution in [0, 0.1) is 5.41 Å². The molecular formula is C5H9KOS. The van der Waals surface area contributed by atoms with Gasteiger partial charge in [-0.05, 0) is 5.41 Å². The molecule has 0 unspecified atom stereocenters. The molecule has 0 fully saturated rings. The van der Waals surface area contributed by atoms with E-state index in [1.54, 1.807) is 0 Å². The van der Waals surface area contributed by atoms with E-state index < -0.39 is 0 Å². The molecule has 42 valence electrons. The van der Waals surface area contributed by atoms with E-state index in [-0.39, 0.29) is 61.9 Å². The van der Waals surface area contributed by atoms with Crippen molar-refractivity contribution in [2.45, 2.75) is 20.8 Å². The van der Waals surface area contributed by atoms with Crippen LogP contribution < -0.4 is 56.5 Å². The largest absolute Gasteiger partial charge is 1.00 e. The Bertz CT molecular complexity index is 84.9. The molecule has 0 amide bonds. The maximum atomic E-state index is 10.3. The minimum atomic E-state index is -0.324. The van der Waals surface area contributed by atoms with E-state index >= 15 is 0 Å². The average molecular weight is 156 g/mol. The van der Waals surface area contributed by atoms with Crippen LogP contribution >= 0.6 is 12.2 Å². The minimum Gasteiger partial charge on any atom is -0.867 e. The molecule has 3 heteroatoms. The van der Waals surface area contributed by atoms with Crippen LogP contribution in [-0.2, 0) is 0 Å². The molecule has 0 aromatic rings. The number of thiocarbonyl (C=S) groups is 1. The normalized spacial score (nSPS) is 9.88. The molecular weight excluding hydrogens is 147 g/mol. The Labute approximate surface area is 98.3 Å². The summed E-state index contributed by atoms with van der Waals surface area (Å²) in [4.78, 5) is 0. The molecule has 0 aliphatic carbocycles. The molecule has 0 spiro atoms. The Kier molecular flexibility index (Phi) is 6.66. The molecule has 8 heavy (non-hydrogen) atoms. The summed E-state index contributed by atoms with van der Waals surface area (Å²) in [6.07, 6.45) is 0. The van der Waals surface area contributed by atoms with Gasteiger partial charge >= 0.3 is 51.4 Å². The first-order chi connectivity index (χ1) is 2.94. The van der Waals surface area contributed by atoms with E-state index in [9.17, 15) is 5.11 Å². The molecule has 0 bridgehead atoms. The molecule has 0 heterocycles. The van der Waals surface area contributed by atoms with Crippen molar-refractivity contribution >= 4 is 17.3 Å². The Balaban J connectivity index is 0. The van der Waals surface area contributed by atoms with E-state index in [0.29, 0.717) is 0 Å². The van der Waals surface area contributed by atoms with Gasteiger partial charge in [0.15, 0.2) is 0 Å². The number of rotatable bonds is 0. The fourth-order valence-corrected chi connectivity index (χ4v) is 0. The van der Waals surface area contributed by atoms with Crippen molar-refractivity contribution in [2.24, 2.45) is 5.41 Å². The number of hydrogen-bond donors (Lipinski definition) is 0. The van der Waals surface area contributed by atoms with Crippen LogP contribution in [0.15, 0.2) is 0 Å². The fraction of sp³-hybridized carbons (Fsp3) is 0.800. The number of hydrogen-bond acceptors (Lipinski definition) is 2. The third-order valence-electron chi connectivity index (χ3n) is 0.612. The topological polar surface area (TPSA) is 23.1 Å². The molecule has 0 N–H and O–H groups in total. The quantitative estimate of drug-likeness (QED) is 0.291. The van der Waals surface area contributed by atoms with E-state index in [0.717, 1.165) is 0 Å². The standard InChI is InChI=1S/C5H10OS.K/c1-5(2,3)4(6)7;/h1-3H3,(H,6,7);/q;+1/p-1. The van der Waals surface area contributed by atoms with Gasteiger partial charge in [-0.25, -0.2) is 0 Å². The zero-order valence-corrected chi connectivity index (χ0v) is 9.76. The van der Waals surface area contributed by atoms with Crippen molar-refractivity contribution in [2.75, 3.05) is 0 Å². The van der Waals surface area contributed by atoms with Crippen LogP contribution in [0.1, 0.15) is 20.8 Å². The third-order valence-corrected chi connectivity index (χ3v) is 1.22. The van der Waals surface area contributed by atoms with Gasteiger partial charge in [-0.2, -0.15) is 0 Å². The summed E-state index contributed by atoms with van der Waals surface area (Å²) in [7, 11) is 0. The van der Waals surface area contributed by atoms with Crippen molar-refractivity contribution in [3.8, 4) is 0 Å². The summed E-state index contributed by atoms with van der Waals surface area (Å²) >= 11 is 4.38. The summed E-state index contributed by atoms with van der Waals surface area (Å²) < 4.78 is 0. The summed E-state index contributed by atoms with van der Waals surface area (Å²) in [6, 6.07) is 0. The van der Waals surface area contributed by atoms with Gasteiger partial charge in [-0.15, -0.1) is 12.2 Å². The van der Waals surface area contributed by atoms with Crippen LogP contribution in [0.5, 0.6) is 0 Å². The summed E-state index contributed by atoms with van der Waals surface area (Å²) in [5, 5.41) is 10.1. The van der Waals surface area contributed by atoms with E-state index in [1.165, 1.54) is 0 Å². The molecule has 0 aliphatic heterocycles. The molecule has 0 aliphatic rings. The van der Waals surface area contributed by atoms with E-state index in [2.05, 4.69) is 12.2 Å². The molecule has 0 aromatic heterocycles. The molecule has 0 saturated carbocycles. The van der Waals surface area contributed by atoms with Crippen molar-refractivity contribution in [3.63, 3.8) is 0 Å². The Hall–Kier alpha value is 1.53. The van der Waals surface area contributed by atoms with Gasteiger partial charge < -0.3 is 5.11 Å². The van der Waals surface area contributed by atoms with Gasteiger partial charge in [-0.3, -0.25) is 0 Å². The van der Waals surface area contributed by atoms with Gasteiger partial charge in [0.1, 0.15) is 0 Å². The molecule has 0 radical (unpaired) electrons. The van der Waals surface area contributed by atoms with Gasteiger partial charge in [0, 0.05) is 0 Å². The monoisotopic (exact) mass is 156 g/mol. The van der Waals surface area contributed by atoms with Crippen LogP contribution in [0.3, 0.4) is 0 Å². The van der Waals surface area contributed by atoms with Crippen LogP contribution in [-0.4, -0.2) is 5.05 Å². The van der Waals surface area contributed by atoms with E-state index in [1.807, 2.05) is 20.8 Å². The summed E-state index contributed by atoms with van der Waals surface area (Å²) in [6.45, 7) is 5.42. The predicted molar refractivity (Wildman–Crippen MR) is 32.1 cm³/mol. The SMILES string of the molecule is CC(C)(C)C([O-])=S.[K+]. The molecule has 0 aromatic carbocycles. The molecule has 0 rings (SSSR count). The fourth-order valence-electron chi connectivity index (χ4n) is 0. The second-order valence-corrected chi connectivity index (χ2v) is 2.91. The van der Waals surface area contributed by atoms with Gasteiger partial charge in [0.2, 0.25) is 0 Å². The van der Waals surface area contributed by atoms with Crippen molar-refractivity contribution in [3.05, 3.63) is 0 Å². The first-order valence-corrected chi connectivity index (χ1v) is 2.57. The second-order valence-electron chi connectivity index (χ2n) is 2.54. The third kappa shape index (κ3) is 5.66. The van der Waals surface area contributed by atoms with Gasteiger partial charge in [-0.1, -0.05) is 25.8 Å². The summed E-state index contributed by atoms with van der Waals surface area (Å²) in [5.74, 6) is 0. The van der Waals surface area contributed by atoms with Crippen molar-refractivity contribution < 1.29 is 56.5 Å². The smallest absolute Gasteiger partial charge is 0.867 e. The average Bonchev–Trinajstić information content (AvgIpc) is 1.31. The Morgan fingerprint density at radius 1 is 1.38 bits per heavy atom. The van der Waals surface area contributed by atoms with Crippen LogP contribution in [0.4, 0.5) is 0 Å². The van der Waals surface area contributed by atoms with Crippen LogP contribution in [0.25, 0.3) is 0 Å². The first kappa shape index (κ1) is 12.2. The van der Waals surface area contributed by atoms with Crippen LogP contribution in [0.2, 0.25) is 0 Å².